The first-order valence-corrected chi connectivity index (χ1v) is 8.76. The van der Waals surface area contributed by atoms with E-state index in [1.54, 1.807) is 15.9 Å². The third kappa shape index (κ3) is 4.52. The molecule has 0 spiro atoms. The number of rotatable bonds is 2. The monoisotopic (exact) mass is 351 g/mol. The molecule has 0 aliphatic carbocycles. The summed E-state index contributed by atoms with van der Waals surface area (Å²) in [5.74, 6) is 0.698. The minimum atomic E-state index is -0.537. The van der Waals surface area contributed by atoms with Gasteiger partial charge in [0.25, 0.3) is 5.91 Å². The molecule has 0 bridgehead atoms. The summed E-state index contributed by atoms with van der Waals surface area (Å²) in [6.07, 6.45) is -0.346. The summed E-state index contributed by atoms with van der Waals surface area (Å²) in [4.78, 5) is 28.6. The highest BCUT2D eigenvalue weighted by molar-refractivity contribution is 5.93. The van der Waals surface area contributed by atoms with Crippen molar-refractivity contribution in [2.24, 2.45) is 0 Å². The second kappa shape index (κ2) is 7.06. The SMILES string of the molecule is CC(C)c1cc(C(=O)N2[C@H](C)CN(C(=O)OC(C)(C)C)C[C@H]2C)no1. The number of aromatic nitrogens is 1. The molecule has 140 valence electrons. The van der Waals surface area contributed by atoms with Crippen molar-refractivity contribution in [1.82, 2.24) is 15.0 Å². The molecule has 1 aliphatic heterocycles. The number of carbonyl (C=O) groups is 2. The van der Waals surface area contributed by atoms with Crippen LogP contribution in [0.1, 0.15) is 70.6 Å². The number of carbonyl (C=O) groups excluding carboxylic acids is 2. The molecule has 25 heavy (non-hydrogen) atoms. The van der Waals surface area contributed by atoms with Crippen LogP contribution in [-0.4, -0.2) is 57.7 Å². The molecule has 2 atom stereocenters. The van der Waals surface area contributed by atoms with Gasteiger partial charge in [-0.1, -0.05) is 19.0 Å². The van der Waals surface area contributed by atoms with E-state index in [0.29, 0.717) is 24.5 Å². The molecule has 1 fully saturated rings. The molecule has 0 unspecified atom stereocenters. The Hall–Kier alpha value is -2.05. The number of hydrogen-bond donors (Lipinski definition) is 0. The summed E-state index contributed by atoms with van der Waals surface area (Å²) in [7, 11) is 0. The Balaban J connectivity index is 2.09. The van der Waals surface area contributed by atoms with Crippen LogP contribution in [0.2, 0.25) is 0 Å². The zero-order valence-corrected chi connectivity index (χ0v) is 16.2. The number of piperazine rings is 1. The zero-order valence-electron chi connectivity index (χ0n) is 16.2. The molecule has 2 rings (SSSR count). The molecule has 1 aliphatic rings. The summed E-state index contributed by atoms with van der Waals surface area (Å²) in [5.41, 5.74) is -0.224. The van der Waals surface area contributed by atoms with Gasteiger partial charge in [0, 0.05) is 37.2 Å². The van der Waals surface area contributed by atoms with Crippen molar-refractivity contribution in [3.05, 3.63) is 17.5 Å². The number of ether oxygens (including phenoxy) is 1. The van der Waals surface area contributed by atoms with E-state index in [4.69, 9.17) is 9.26 Å². The van der Waals surface area contributed by atoms with Crippen molar-refractivity contribution in [1.29, 1.82) is 0 Å². The van der Waals surface area contributed by atoms with Gasteiger partial charge in [0.15, 0.2) is 5.69 Å². The van der Waals surface area contributed by atoms with Crippen LogP contribution in [0, 0.1) is 0 Å². The van der Waals surface area contributed by atoms with Crippen molar-refractivity contribution in [3.8, 4) is 0 Å². The summed E-state index contributed by atoms with van der Waals surface area (Å²) >= 11 is 0. The lowest BCUT2D eigenvalue weighted by Crippen LogP contribution is -2.60. The summed E-state index contributed by atoms with van der Waals surface area (Å²) in [5, 5.41) is 3.91. The van der Waals surface area contributed by atoms with Gasteiger partial charge in [-0.05, 0) is 34.6 Å². The van der Waals surface area contributed by atoms with E-state index in [1.807, 2.05) is 48.5 Å². The average molecular weight is 351 g/mol. The van der Waals surface area contributed by atoms with Gasteiger partial charge >= 0.3 is 6.09 Å². The van der Waals surface area contributed by atoms with Crippen LogP contribution >= 0.6 is 0 Å². The van der Waals surface area contributed by atoms with Gasteiger partial charge in [0.05, 0.1) is 0 Å². The highest BCUT2D eigenvalue weighted by Crippen LogP contribution is 2.22. The molecule has 0 radical (unpaired) electrons. The lowest BCUT2D eigenvalue weighted by atomic mass is 10.1. The largest absolute Gasteiger partial charge is 0.444 e. The van der Waals surface area contributed by atoms with Gasteiger partial charge in [-0.3, -0.25) is 4.79 Å². The van der Waals surface area contributed by atoms with Crippen molar-refractivity contribution in [2.75, 3.05) is 13.1 Å². The Bertz CT molecular complexity index is 621. The molecule has 0 saturated carbocycles. The Morgan fingerprint density at radius 1 is 1.24 bits per heavy atom. The van der Waals surface area contributed by atoms with Crippen molar-refractivity contribution in [3.63, 3.8) is 0 Å². The van der Waals surface area contributed by atoms with E-state index in [9.17, 15) is 9.59 Å². The predicted octanol–water partition coefficient (Wildman–Crippen LogP) is 3.27. The lowest BCUT2D eigenvalue weighted by molar-refractivity contribution is -0.00514. The van der Waals surface area contributed by atoms with Gasteiger partial charge in [-0.25, -0.2) is 4.79 Å². The highest BCUT2D eigenvalue weighted by atomic mass is 16.6. The van der Waals surface area contributed by atoms with Crippen LogP contribution in [0.15, 0.2) is 10.6 Å². The number of hydrogen-bond acceptors (Lipinski definition) is 5. The van der Waals surface area contributed by atoms with Gasteiger partial charge in [0.1, 0.15) is 11.4 Å². The Kier molecular flexibility index (Phi) is 5.44. The smallest absolute Gasteiger partial charge is 0.410 e. The third-order valence-electron chi connectivity index (χ3n) is 4.12. The molecule has 7 nitrogen and oxygen atoms in total. The fourth-order valence-corrected chi connectivity index (χ4v) is 2.99. The van der Waals surface area contributed by atoms with E-state index in [0.717, 1.165) is 0 Å². The Morgan fingerprint density at radius 2 is 1.80 bits per heavy atom. The average Bonchev–Trinajstić information content (AvgIpc) is 2.94. The molecular formula is C18H29N3O4. The predicted molar refractivity (Wildman–Crippen MR) is 93.5 cm³/mol. The van der Waals surface area contributed by atoms with E-state index in [2.05, 4.69) is 5.16 Å². The maximum atomic E-state index is 12.8. The molecule has 1 aromatic rings. The quantitative estimate of drug-likeness (QED) is 0.817. The Labute approximate surface area is 149 Å². The lowest BCUT2D eigenvalue weighted by Gasteiger charge is -2.44. The topological polar surface area (TPSA) is 75.9 Å². The standard InChI is InChI=1S/C18H29N3O4/c1-11(2)15-8-14(19-25-15)16(22)21-12(3)9-20(10-13(21)4)17(23)24-18(5,6)7/h8,11-13H,9-10H2,1-7H3/t12-,13-/m1/s1. The van der Waals surface area contributed by atoms with Gasteiger partial charge in [-0.15, -0.1) is 0 Å². The fraction of sp³-hybridized carbons (Fsp3) is 0.722. The van der Waals surface area contributed by atoms with Crippen LogP contribution in [0.5, 0.6) is 0 Å². The number of amides is 2. The molecule has 1 aromatic heterocycles. The van der Waals surface area contributed by atoms with Crippen molar-refractivity contribution < 1.29 is 18.8 Å². The van der Waals surface area contributed by atoms with Crippen LogP contribution in [0.3, 0.4) is 0 Å². The normalized spacial score (nSPS) is 21.6. The molecular weight excluding hydrogens is 322 g/mol. The minimum Gasteiger partial charge on any atom is -0.444 e. The van der Waals surface area contributed by atoms with Crippen LogP contribution in [0.4, 0.5) is 4.79 Å². The maximum absolute atomic E-state index is 12.8. The van der Waals surface area contributed by atoms with Crippen LogP contribution in [-0.2, 0) is 4.74 Å². The zero-order chi connectivity index (χ0) is 18.9. The van der Waals surface area contributed by atoms with Gasteiger partial charge in [-0.2, -0.15) is 0 Å². The first-order chi connectivity index (χ1) is 11.5. The maximum Gasteiger partial charge on any atom is 0.410 e. The van der Waals surface area contributed by atoms with E-state index < -0.39 is 5.60 Å². The first-order valence-electron chi connectivity index (χ1n) is 8.76. The van der Waals surface area contributed by atoms with Gasteiger partial charge in [0.2, 0.25) is 0 Å². The van der Waals surface area contributed by atoms with Crippen molar-refractivity contribution in [2.45, 2.75) is 72.1 Å². The first kappa shape index (κ1) is 19.3. The van der Waals surface area contributed by atoms with Crippen LogP contribution < -0.4 is 0 Å². The summed E-state index contributed by atoms with van der Waals surface area (Å²) < 4.78 is 10.7. The molecule has 7 heteroatoms. The molecule has 0 aromatic carbocycles. The van der Waals surface area contributed by atoms with E-state index in [-0.39, 0.29) is 30.0 Å². The Morgan fingerprint density at radius 3 is 2.24 bits per heavy atom. The summed E-state index contributed by atoms with van der Waals surface area (Å²) in [6.45, 7) is 14.2. The van der Waals surface area contributed by atoms with Crippen molar-refractivity contribution >= 4 is 12.0 Å². The molecule has 0 N–H and O–H groups in total. The van der Waals surface area contributed by atoms with Gasteiger partial charge < -0.3 is 19.1 Å². The fourth-order valence-electron chi connectivity index (χ4n) is 2.99. The van der Waals surface area contributed by atoms with Crippen LogP contribution in [0.25, 0.3) is 0 Å². The molecule has 2 heterocycles. The second-order valence-corrected chi connectivity index (χ2v) is 8.07. The van der Waals surface area contributed by atoms with E-state index in [1.165, 1.54) is 0 Å². The minimum absolute atomic E-state index is 0.136. The third-order valence-corrected chi connectivity index (χ3v) is 4.12. The number of nitrogens with zero attached hydrogens (tertiary/aromatic N) is 3. The molecule has 1 saturated heterocycles. The highest BCUT2D eigenvalue weighted by Gasteiger charge is 2.37. The molecule has 2 amide bonds. The van der Waals surface area contributed by atoms with E-state index >= 15 is 0 Å². The summed E-state index contributed by atoms with van der Waals surface area (Å²) in [6, 6.07) is 1.43. The second-order valence-electron chi connectivity index (χ2n) is 8.07.